The predicted octanol–water partition coefficient (Wildman–Crippen LogP) is 0.701. The molecule has 0 atom stereocenters. The molecular weight excluding hydrogens is 134 g/mol. The van der Waals surface area contributed by atoms with Gasteiger partial charge in [-0.15, -0.1) is 0 Å². The number of hydrogen-bond donors (Lipinski definition) is 1. The van der Waals surface area contributed by atoms with Crippen molar-refractivity contribution in [2.75, 3.05) is 0 Å². The Hall–Kier alpha value is -1.41. The molecule has 0 saturated heterocycles. The van der Waals surface area contributed by atoms with Crippen LogP contribution in [0.15, 0.2) is 16.8 Å². The normalized spacial score (nSPS) is 10.3. The zero-order valence-corrected chi connectivity index (χ0v) is 5.50. The van der Waals surface area contributed by atoms with E-state index in [1.807, 2.05) is 0 Å². The van der Waals surface area contributed by atoms with Crippen molar-refractivity contribution in [3.63, 3.8) is 0 Å². The topological polar surface area (TPSA) is 66.7 Å². The van der Waals surface area contributed by atoms with Gasteiger partial charge in [0.15, 0.2) is 5.70 Å². The lowest BCUT2D eigenvalue weighted by atomic mass is 10.3. The monoisotopic (exact) mass is 141 g/mol. The molecule has 0 aromatic rings. The lowest BCUT2D eigenvalue weighted by molar-refractivity contribution is -0.132. The largest absolute Gasteiger partial charge is 0.476 e. The second kappa shape index (κ2) is 4.47. The summed E-state index contributed by atoms with van der Waals surface area (Å²) in [5, 5.41) is 8.29. The van der Waals surface area contributed by atoms with Gasteiger partial charge in [-0.1, -0.05) is 13.0 Å². The fourth-order valence-electron chi connectivity index (χ4n) is 0.423. The standard InChI is InChI=1S/C6H7NO3/c1-2-3-5(6(9)10)7-4-8/h3H,2H2,1H3,(H,9,10). The molecule has 1 N–H and O–H groups in total. The molecule has 0 aromatic heterocycles. The Morgan fingerprint density at radius 1 is 1.80 bits per heavy atom. The van der Waals surface area contributed by atoms with E-state index in [0.29, 0.717) is 6.42 Å². The van der Waals surface area contributed by atoms with Crippen LogP contribution in [0.2, 0.25) is 0 Å². The average molecular weight is 141 g/mol. The second-order valence-corrected chi connectivity index (χ2v) is 1.51. The summed E-state index contributed by atoms with van der Waals surface area (Å²) in [6.07, 6.45) is 3.03. The van der Waals surface area contributed by atoms with E-state index in [4.69, 9.17) is 5.11 Å². The van der Waals surface area contributed by atoms with E-state index in [2.05, 4.69) is 4.99 Å². The summed E-state index contributed by atoms with van der Waals surface area (Å²) in [6, 6.07) is 0. The summed E-state index contributed by atoms with van der Waals surface area (Å²) in [5.41, 5.74) is -0.252. The third kappa shape index (κ3) is 2.79. The first kappa shape index (κ1) is 8.59. The van der Waals surface area contributed by atoms with E-state index in [-0.39, 0.29) is 5.70 Å². The van der Waals surface area contributed by atoms with Crippen LogP contribution in [0.4, 0.5) is 0 Å². The van der Waals surface area contributed by atoms with E-state index in [1.165, 1.54) is 6.08 Å². The quantitative estimate of drug-likeness (QED) is 0.357. The second-order valence-electron chi connectivity index (χ2n) is 1.51. The maximum Gasteiger partial charge on any atom is 0.355 e. The predicted molar refractivity (Wildman–Crippen MR) is 34.1 cm³/mol. The van der Waals surface area contributed by atoms with Crippen LogP contribution >= 0.6 is 0 Å². The van der Waals surface area contributed by atoms with Crippen molar-refractivity contribution < 1.29 is 14.7 Å². The molecule has 10 heavy (non-hydrogen) atoms. The molecule has 0 heterocycles. The molecule has 54 valence electrons. The molecule has 0 fully saturated rings. The van der Waals surface area contributed by atoms with Gasteiger partial charge in [0.25, 0.3) is 0 Å². The van der Waals surface area contributed by atoms with Gasteiger partial charge in [0.2, 0.25) is 6.08 Å². The first-order chi connectivity index (χ1) is 4.72. The molecule has 0 aromatic carbocycles. The fourth-order valence-corrected chi connectivity index (χ4v) is 0.423. The maximum atomic E-state index is 10.1. The minimum Gasteiger partial charge on any atom is -0.476 e. The summed E-state index contributed by atoms with van der Waals surface area (Å²) in [4.78, 5) is 22.7. The minimum atomic E-state index is -1.20. The van der Waals surface area contributed by atoms with Gasteiger partial charge in [-0.05, 0) is 6.42 Å². The zero-order chi connectivity index (χ0) is 7.98. The van der Waals surface area contributed by atoms with Crippen LogP contribution in [0.1, 0.15) is 13.3 Å². The number of carboxylic acids is 1. The minimum absolute atomic E-state index is 0.252. The van der Waals surface area contributed by atoms with Crippen molar-refractivity contribution >= 4 is 12.0 Å². The van der Waals surface area contributed by atoms with Crippen molar-refractivity contribution in [1.82, 2.24) is 0 Å². The smallest absolute Gasteiger partial charge is 0.355 e. The molecule has 0 aliphatic rings. The van der Waals surface area contributed by atoms with Crippen LogP contribution in [-0.2, 0) is 9.59 Å². The lowest BCUT2D eigenvalue weighted by Gasteiger charge is -1.86. The van der Waals surface area contributed by atoms with E-state index in [9.17, 15) is 9.59 Å². The van der Waals surface area contributed by atoms with E-state index in [1.54, 1.807) is 6.92 Å². The van der Waals surface area contributed by atoms with Crippen LogP contribution in [-0.4, -0.2) is 17.2 Å². The highest BCUT2D eigenvalue weighted by Crippen LogP contribution is 1.96. The molecule has 0 unspecified atom stereocenters. The molecule has 0 amide bonds. The Labute approximate surface area is 57.9 Å². The molecule has 0 rings (SSSR count). The number of aliphatic carboxylic acids is 1. The Morgan fingerprint density at radius 2 is 2.40 bits per heavy atom. The van der Waals surface area contributed by atoms with Crippen LogP contribution in [0.5, 0.6) is 0 Å². The number of rotatable bonds is 3. The van der Waals surface area contributed by atoms with Gasteiger partial charge >= 0.3 is 5.97 Å². The zero-order valence-electron chi connectivity index (χ0n) is 5.50. The molecule has 4 nitrogen and oxygen atoms in total. The van der Waals surface area contributed by atoms with Crippen molar-refractivity contribution in [2.45, 2.75) is 13.3 Å². The number of aliphatic imine (C=N–C) groups is 1. The number of nitrogens with zero attached hydrogens (tertiary/aromatic N) is 1. The third-order valence-electron chi connectivity index (χ3n) is 0.783. The van der Waals surface area contributed by atoms with Crippen LogP contribution in [0.25, 0.3) is 0 Å². The maximum absolute atomic E-state index is 10.1. The molecule has 4 heteroatoms. The number of hydrogen-bond acceptors (Lipinski definition) is 3. The highest BCUT2D eigenvalue weighted by molar-refractivity contribution is 5.87. The Kier molecular flexibility index (Phi) is 3.84. The van der Waals surface area contributed by atoms with Gasteiger partial charge in [0, 0.05) is 0 Å². The van der Waals surface area contributed by atoms with E-state index >= 15 is 0 Å². The summed E-state index contributed by atoms with van der Waals surface area (Å²) in [7, 11) is 0. The van der Waals surface area contributed by atoms with Crippen molar-refractivity contribution in [3.8, 4) is 0 Å². The van der Waals surface area contributed by atoms with Crippen LogP contribution < -0.4 is 0 Å². The van der Waals surface area contributed by atoms with Gasteiger partial charge in [0.05, 0.1) is 0 Å². The van der Waals surface area contributed by atoms with Crippen molar-refractivity contribution in [3.05, 3.63) is 11.8 Å². The van der Waals surface area contributed by atoms with E-state index < -0.39 is 5.97 Å². The van der Waals surface area contributed by atoms with Gasteiger partial charge in [-0.25, -0.2) is 9.59 Å². The first-order valence-corrected chi connectivity index (χ1v) is 2.73. The van der Waals surface area contributed by atoms with Gasteiger partial charge in [-0.3, -0.25) is 0 Å². The third-order valence-corrected chi connectivity index (χ3v) is 0.783. The van der Waals surface area contributed by atoms with Gasteiger partial charge < -0.3 is 5.11 Å². The summed E-state index contributed by atoms with van der Waals surface area (Å²) in [5.74, 6) is -1.20. The van der Waals surface area contributed by atoms with Crippen molar-refractivity contribution in [2.24, 2.45) is 4.99 Å². The van der Waals surface area contributed by atoms with Crippen LogP contribution in [0, 0.1) is 0 Å². The van der Waals surface area contributed by atoms with Gasteiger partial charge in [-0.2, -0.15) is 4.99 Å². The summed E-state index contributed by atoms with van der Waals surface area (Å²) >= 11 is 0. The molecule has 0 aliphatic heterocycles. The number of isocyanates is 1. The first-order valence-electron chi connectivity index (χ1n) is 2.73. The SMILES string of the molecule is CCC=C(N=C=O)C(=O)O. The number of carbonyl (C=O) groups is 1. The molecule has 0 bridgehead atoms. The van der Waals surface area contributed by atoms with Crippen molar-refractivity contribution in [1.29, 1.82) is 0 Å². The molecule has 0 aliphatic carbocycles. The highest BCUT2D eigenvalue weighted by atomic mass is 16.4. The Balaban J connectivity index is 4.41. The Bertz CT molecular complexity index is 197. The number of carboxylic acid groups (broad SMARTS) is 1. The summed E-state index contributed by atoms with van der Waals surface area (Å²) in [6.45, 7) is 1.75. The Morgan fingerprint density at radius 3 is 2.70 bits per heavy atom. The highest BCUT2D eigenvalue weighted by Gasteiger charge is 2.02. The molecule has 0 spiro atoms. The average Bonchev–Trinajstić information content (AvgIpc) is 1.87. The number of carbonyl (C=O) groups excluding carboxylic acids is 1. The van der Waals surface area contributed by atoms with Crippen LogP contribution in [0.3, 0.4) is 0 Å². The fraction of sp³-hybridized carbons (Fsp3) is 0.333. The summed E-state index contributed by atoms with van der Waals surface area (Å²) < 4.78 is 0. The van der Waals surface area contributed by atoms with Gasteiger partial charge in [0.1, 0.15) is 0 Å². The number of allylic oxidation sites excluding steroid dienone is 1. The lowest BCUT2D eigenvalue weighted by Crippen LogP contribution is -1.96. The van der Waals surface area contributed by atoms with E-state index in [0.717, 1.165) is 6.08 Å². The molecular formula is C6H7NO3. The molecule has 0 saturated carbocycles. The molecule has 0 radical (unpaired) electrons.